The van der Waals surface area contributed by atoms with Crippen LogP contribution in [0.1, 0.15) is 37.6 Å². The Morgan fingerprint density at radius 2 is 2.21 bits per heavy atom. The summed E-state index contributed by atoms with van der Waals surface area (Å²) in [6.45, 7) is 5.49. The molecule has 1 aromatic heterocycles. The van der Waals surface area contributed by atoms with Crippen LogP contribution in [0.15, 0.2) is 0 Å². The van der Waals surface area contributed by atoms with Gasteiger partial charge < -0.3 is 10.4 Å². The van der Waals surface area contributed by atoms with Crippen LogP contribution in [0.4, 0.5) is 0 Å². The van der Waals surface area contributed by atoms with E-state index in [4.69, 9.17) is 16.7 Å². The van der Waals surface area contributed by atoms with Gasteiger partial charge in [-0.15, -0.1) is 0 Å². The fourth-order valence-electron chi connectivity index (χ4n) is 1.94. The van der Waals surface area contributed by atoms with Crippen molar-refractivity contribution < 1.29 is 9.90 Å². The second-order valence-corrected chi connectivity index (χ2v) is 5.35. The molecule has 0 aliphatic rings. The third-order valence-corrected chi connectivity index (χ3v) is 3.71. The van der Waals surface area contributed by atoms with Gasteiger partial charge in [-0.3, -0.25) is 9.48 Å². The van der Waals surface area contributed by atoms with E-state index in [0.29, 0.717) is 17.5 Å². The van der Waals surface area contributed by atoms with E-state index in [9.17, 15) is 4.79 Å². The summed E-state index contributed by atoms with van der Waals surface area (Å²) < 4.78 is 1.79. The zero-order chi connectivity index (χ0) is 14.4. The molecule has 108 valence electrons. The number of halogens is 1. The van der Waals surface area contributed by atoms with Crippen LogP contribution in [0, 0.1) is 12.8 Å². The molecule has 0 fully saturated rings. The Morgan fingerprint density at radius 3 is 2.74 bits per heavy atom. The highest BCUT2D eigenvalue weighted by atomic mass is 35.5. The normalized spacial score (nSPS) is 12.6. The van der Waals surface area contributed by atoms with Gasteiger partial charge in [0.05, 0.1) is 16.4 Å². The molecule has 1 aromatic rings. The summed E-state index contributed by atoms with van der Waals surface area (Å²) in [5.74, 6) is -0.315. The highest BCUT2D eigenvalue weighted by Gasteiger charge is 2.10. The van der Waals surface area contributed by atoms with Gasteiger partial charge in [-0.1, -0.05) is 18.5 Å². The molecule has 0 amide bonds. The largest absolute Gasteiger partial charge is 0.481 e. The van der Waals surface area contributed by atoms with E-state index >= 15 is 0 Å². The standard InChI is InChI=1S/C13H22ClN3O2/c1-9(4-5-12(18)19)6-7-15-8-11-13(14)10(2)16-17(11)3/h9,15H,4-8H2,1-3H3,(H,18,19). The molecule has 1 atom stereocenters. The average molecular weight is 288 g/mol. The van der Waals surface area contributed by atoms with Crippen molar-refractivity contribution in [3.8, 4) is 0 Å². The molecule has 0 saturated heterocycles. The summed E-state index contributed by atoms with van der Waals surface area (Å²) in [5.41, 5.74) is 1.83. The Morgan fingerprint density at radius 1 is 1.53 bits per heavy atom. The van der Waals surface area contributed by atoms with Crippen LogP contribution in [-0.2, 0) is 18.4 Å². The van der Waals surface area contributed by atoms with Crippen molar-refractivity contribution in [1.29, 1.82) is 0 Å². The monoisotopic (exact) mass is 287 g/mol. The molecular weight excluding hydrogens is 266 g/mol. The van der Waals surface area contributed by atoms with Crippen molar-refractivity contribution in [2.45, 2.75) is 39.7 Å². The van der Waals surface area contributed by atoms with Crippen molar-refractivity contribution in [2.75, 3.05) is 6.54 Å². The van der Waals surface area contributed by atoms with Gasteiger partial charge in [0.1, 0.15) is 0 Å². The highest BCUT2D eigenvalue weighted by molar-refractivity contribution is 6.31. The lowest BCUT2D eigenvalue weighted by molar-refractivity contribution is -0.137. The minimum Gasteiger partial charge on any atom is -0.481 e. The molecule has 1 rings (SSSR count). The van der Waals surface area contributed by atoms with E-state index in [2.05, 4.69) is 17.3 Å². The lowest BCUT2D eigenvalue weighted by Crippen LogP contribution is -2.19. The lowest BCUT2D eigenvalue weighted by Gasteiger charge is -2.11. The molecule has 0 spiro atoms. The van der Waals surface area contributed by atoms with Gasteiger partial charge in [-0.05, 0) is 32.2 Å². The molecule has 0 bridgehead atoms. The van der Waals surface area contributed by atoms with Crippen molar-refractivity contribution in [2.24, 2.45) is 13.0 Å². The van der Waals surface area contributed by atoms with Gasteiger partial charge in [0.2, 0.25) is 0 Å². The van der Waals surface area contributed by atoms with E-state index < -0.39 is 5.97 Å². The maximum atomic E-state index is 10.5. The first kappa shape index (κ1) is 16.0. The molecule has 1 heterocycles. The number of hydrogen-bond donors (Lipinski definition) is 2. The number of aryl methyl sites for hydroxylation is 2. The van der Waals surface area contributed by atoms with Crippen LogP contribution in [0.3, 0.4) is 0 Å². The molecular formula is C13H22ClN3O2. The maximum Gasteiger partial charge on any atom is 0.303 e. The SMILES string of the molecule is Cc1nn(C)c(CNCCC(C)CCC(=O)O)c1Cl. The first-order valence-electron chi connectivity index (χ1n) is 6.52. The van der Waals surface area contributed by atoms with Crippen LogP contribution < -0.4 is 5.32 Å². The number of carbonyl (C=O) groups is 1. The maximum absolute atomic E-state index is 10.5. The molecule has 6 heteroatoms. The highest BCUT2D eigenvalue weighted by Crippen LogP contribution is 2.19. The van der Waals surface area contributed by atoms with Crippen LogP contribution >= 0.6 is 11.6 Å². The van der Waals surface area contributed by atoms with E-state index in [-0.39, 0.29) is 6.42 Å². The summed E-state index contributed by atoms with van der Waals surface area (Å²) in [6, 6.07) is 0. The molecule has 5 nitrogen and oxygen atoms in total. The Hall–Kier alpha value is -1.07. The molecule has 0 aromatic carbocycles. The number of aromatic nitrogens is 2. The van der Waals surface area contributed by atoms with Gasteiger partial charge in [0, 0.05) is 20.0 Å². The minimum atomic E-state index is -0.725. The zero-order valence-electron chi connectivity index (χ0n) is 11.7. The molecule has 1 unspecified atom stereocenters. The number of aliphatic carboxylic acids is 1. The van der Waals surface area contributed by atoms with Gasteiger partial charge in [-0.25, -0.2) is 0 Å². The minimum absolute atomic E-state index is 0.244. The molecule has 0 radical (unpaired) electrons. The Balaban J connectivity index is 2.25. The average Bonchev–Trinajstić information content (AvgIpc) is 2.57. The lowest BCUT2D eigenvalue weighted by atomic mass is 10.0. The second kappa shape index (κ2) is 7.50. The van der Waals surface area contributed by atoms with E-state index in [1.807, 2.05) is 14.0 Å². The smallest absolute Gasteiger partial charge is 0.303 e. The summed E-state index contributed by atoms with van der Waals surface area (Å²) >= 11 is 6.15. The Bertz CT molecular complexity index is 432. The first-order valence-corrected chi connectivity index (χ1v) is 6.90. The molecule has 0 aliphatic heterocycles. The van der Waals surface area contributed by atoms with E-state index in [1.54, 1.807) is 4.68 Å². The third kappa shape index (κ3) is 5.20. The van der Waals surface area contributed by atoms with Gasteiger partial charge >= 0.3 is 5.97 Å². The summed E-state index contributed by atoms with van der Waals surface area (Å²) in [5, 5.41) is 16.9. The quantitative estimate of drug-likeness (QED) is 0.720. The molecule has 0 saturated carbocycles. The number of rotatable bonds is 8. The molecule has 2 N–H and O–H groups in total. The molecule has 0 aliphatic carbocycles. The van der Waals surface area contributed by atoms with E-state index in [1.165, 1.54) is 0 Å². The van der Waals surface area contributed by atoms with Crippen molar-refractivity contribution in [3.63, 3.8) is 0 Å². The van der Waals surface area contributed by atoms with Crippen LogP contribution in [0.5, 0.6) is 0 Å². The number of nitrogens with one attached hydrogen (secondary N) is 1. The van der Waals surface area contributed by atoms with Gasteiger partial charge in [0.25, 0.3) is 0 Å². The Labute approximate surface area is 118 Å². The van der Waals surface area contributed by atoms with Crippen LogP contribution in [0.2, 0.25) is 5.02 Å². The van der Waals surface area contributed by atoms with Crippen LogP contribution in [-0.4, -0.2) is 27.4 Å². The second-order valence-electron chi connectivity index (χ2n) is 4.97. The fourth-order valence-corrected chi connectivity index (χ4v) is 2.17. The fraction of sp³-hybridized carbons (Fsp3) is 0.692. The number of hydrogen-bond acceptors (Lipinski definition) is 3. The summed E-state index contributed by atoms with van der Waals surface area (Å²) in [7, 11) is 1.88. The third-order valence-electron chi connectivity index (χ3n) is 3.22. The topological polar surface area (TPSA) is 67.2 Å². The van der Waals surface area contributed by atoms with Crippen molar-refractivity contribution in [1.82, 2.24) is 15.1 Å². The first-order chi connectivity index (χ1) is 8.91. The summed E-state index contributed by atoms with van der Waals surface area (Å²) in [6.07, 6.45) is 1.93. The predicted molar refractivity (Wildman–Crippen MR) is 75.3 cm³/mol. The van der Waals surface area contributed by atoms with Gasteiger partial charge in [-0.2, -0.15) is 5.10 Å². The molecule has 19 heavy (non-hydrogen) atoms. The number of nitrogens with zero attached hydrogens (tertiary/aromatic N) is 2. The zero-order valence-corrected chi connectivity index (χ0v) is 12.5. The number of carboxylic acids is 1. The van der Waals surface area contributed by atoms with E-state index in [0.717, 1.165) is 30.8 Å². The predicted octanol–water partition coefficient (Wildman–Crippen LogP) is 2.36. The Kier molecular flexibility index (Phi) is 6.31. The van der Waals surface area contributed by atoms with Gasteiger partial charge in [0.15, 0.2) is 0 Å². The van der Waals surface area contributed by atoms with Crippen LogP contribution in [0.25, 0.3) is 0 Å². The number of carboxylic acid groups (broad SMARTS) is 1. The van der Waals surface area contributed by atoms with Crippen molar-refractivity contribution in [3.05, 3.63) is 16.4 Å². The summed E-state index contributed by atoms with van der Waals surface area (Å²) in [4.78, 5) is 10.5. The van der Waals surface area contributed by atoms with Crippen molar-refractivity contribution >= 4 is 17.6 Å².